The number of nitrogens with zero attached hydrogens (tertiary/aromatic N) is 2. The quantitative estimate of drug-likeness (QED) is 0.790. The first-order chi connectivity index (χ1) is 10.2. The number of ether oxygens (including phenoxy) is 1. The Labute approximate surface area is 134 Å². The van der Waals surface area contributed by atoms with Crippen LogP contribution in [-0.2, 0) is 7.05 Å². The number of hydrogen-bond acceptors (Lipinski definition) is 4. The molecule has 1 N–H and O–H groups in total. The molecule has 1 aromatic carbocycles. The number of thioether (sulfide) groups is 1. The Balaban J connectivity index is 2.16. The summed E-state index contributed by atoms with van der Waals surface area (Å²) < 4.78 is 7.27. The molecule has 0 spiro atoms. The minimum absolute atomic E-state index is 0.152. The highest BCUT2D eigenvalue weighted by molar-refractivity contribution is 7.99. The summed E-state index contributed by atoms with van der Waals surface area (Å²) in [5, 5.41) is 8.55. The Morgan fingerprint density at radius 2 is 2.19 bits per heavy atom. The van der Waals surface area contributed by atoms with Crippen molar-refractivity contribution in [1.82, 2.24) is 15.1 Å². The van der Waals surface area contributed by atoms with Gasteiger partial charge in [-0.1, -0.05) is 30.7 Å². The molecule has 1 unspecified atom stereocenters. The van der Waals surface area contributed by atoms with E-state index in [1.54, 1.807) is 25.1 Å². The molecule has 21 heavy (non-hydrogen) atoms. The van der Waals surface area contributed by atoms with Gasteiger partial charge in [-0.25, -0.2) is 0 Å². The van der Waals surface area contributed by atoms with Gasteiger partial charge in [-0.3, -0.25) is 4.68 Å². The average Bonchev–Trinajstić information content (AvgIpc) is 2.86. The van der Waals surface area contributed by atoms with Crippen molar-refractivity contribution in [2.24, 2.45) is 7.05 Å². The van der Waals surface area contributed by atoms with E-state index in [0.717, 1.165) is 33.7 Å². The van der Waals surface area contributed by atoms with Crippen LogP contribution in [0.1, 0.15) is 18.7 Å². The van der Waals surface area contributed by atoms with Crippen molar-refractivity contribution in [1.29, 1.82) is 0 Å². The zero-order valence-electron chi connectivity index (χ0n) is 12.5. The van der Waals surface area contributed by atoms with Crippen LogP contribution in [0.15, 0.2) is 35.4 Å². The Bertz CT molecular complexity index is 588. The van der Waals surface area contributed by atoms with Crippen molar-refractivity contribution in [2.75, 3.05) is 19.4 Å². The topological polar surface area (TPSA) is 39.1 Å². The summed E-state index contributed by atoms with van der Waals surface area (Å²) in [5.41, 5.74) is 1.05. The molecule has 1 aromatic heterocycles. The Morgan fingerprint density at radius 1 is 1.43 bits per heavy atom. The van der Waals surface area contributed by atoms with Crippen LogP contribution in [0.25, 0.3) is 0 Å². The summed E-state index contributed by atoms with van der Waals surface area (Å²) in [5.74, 6) is 1.66. The minimum Gasteiger partial charge on any atom is -0.493 e. The van der Waals surface area contributed by atoms with Crippen molar-refractivity contribution in [3.8, 4) is 5.75 Å². The van der Waals surface area contributed by atoms with Crippen LogP contribution in [0.3, 0.4) is 0 Å². The number of nitrogens with one attached hydrogen (secondary N) is 1. The monoisotopic (exact) mass is 325 g/mol. The van der Waals surface area contributed by atoms with Gasteiger partial charge in [-0.05, 0) is 18.7 Å². The first-order valence-electron chi connectivity index (χ1n) is 6.84. The van der Waals surface area contributed by atoms with E-state index in [-0.39, 0.29) is 6.04 Å². The van der Waals surface area contributed by atoms with Gasteiger partial charge in [0.2, 0.25) is 0 Å². The van der Waals surface area contributed by atoms with E-state index < -0.39 is 0 Å². The maximum atomic E-state index is 6.22. The Kier molecular flexibility index (Phi) is 5.96. The Morgan fingerprint density at radius 3 is 2.86 bits per heavy atom. The van der Waals surface area contributed by atoms with Gasteiger partial charge in [0.15, 0.2) is 5.75 Å². The molecular formula is C15H20ClN3OS. The summed E-state index contributed by atoms with van der Waals surface area (Å²) in [7, 11) is 3.60. The molecule has 0 fully saturated rings. The molecule has 0 aliphatic heterocycles. The summed E-state index contributed by atoms with van der Waals surface area (Å²) >= 11 is 7.95. The highest BCUT2D eigenvalue weighted by atomic mass is 35.5. The van der Waals surface area contributed by atoms with Crippen LogP contribution in [0.2, 0.25) is 5.02 Å². The number of rotatable bonds is 7. The lowest BCUT2D eigenvalue weighted by Gasteiger charge is -2.19. The van der Waals surface area contributed by atoms with Gasteiger partial charge in [0, 0.05) is 17.7 Å². The first-order valence-corrected chi connectivity index (χ1v) is 8.20. The van der Waals surface area contributed by atoms with E-state index in [2.05, 4.69) is 17.3 Å². The molecule has 2 rings (SSSR count). The third-order valence-corrected chi connectivity index (χ3v) is 4.80. The average molecular weight is 326 g/mol. The maximum Gasteiger partial charge on any atom is 0.161 e. The fraction of sp³-hybridized carbons (Fsp3) is 0.400. The van der Waals surface area contributed by atoms with E-state index in [1.807, 2.05) is 36.0 Å². The molecule has 0 aliphatic carbocycles. The van der Waals surface area contributed by atoms with E-state index in [9.17, 15) is 0 Å². The number of aryl methyl sites for hydroxylation is 1. The summed E-state index contributed by atoms with van der Waals surface area (Å²) in [6.45, 7) is 2.97. The Hall–Kier alpha value is -1.17. The zero-order chi connectivity index (χ0) is 15.2. The SMILES string of the molecule is CCNC(CSc1ccccc1Cl)c1c(OC)cnn1C. The molecule has 0 bridgehead atoms. The number of halogens is 1. The maximum absolute atomic E-state index is 6.22. The van der Waals surface area contributed by atoms with Gasteiger partial charge in [0.25, 0.3) is 0 Å². The first kappa shape index (κ1) is 16.2. The van der Waals surface area contributed by atoms with Gasteiger partial charge in [0.1, 0.15) is 0 Å². The van der Waals surface area contributed by atoms with E-state index in [0.29, 0.717) is 0 Å². The number of hydrogen-bond donors (Lipinski definition) is 1. The number of benzene rings is 1. The van der Waals surface area contributed by atoms with Gasteiger partial charge in [-0.2, -0.15) is 5.10 Å². The van der Waals surface area contributed by atoms with Gasteiger partial charge in [-0.15, -0.1) is 11.8 Å². The molecule has 2 aromatic rings. The molecule has 6 heteroatoms. The molecular weight excluding hydrogens is 306 g/mol. The van der Waals surface area contributed by atoms with E-state index in [1.165, 1.54) is 0 Å². The molecule has 0 amide bonds. The van der Waals surface area contributed by atoms with Crippen LogP contribution in [0.4, 0.5) is 0 Å². The minimum atomic E-state index is 0.152. The van der Waals surface area contributed by atoms with Crippen molar-refractivity contribution in [2.45, 2.75) is 17.9 Å². The molecule has 0 aliphatic rings. The summed E-state index contributed by atoms with van der Waals surface area (Å²) in [4.78, 5) is 1.09. The fourth-order valence-electron chi connectivity index (χ4n) is 2.20. The predicted molar refractivity (Wildman–Crippen MR) is 88.4 cm³/mol. The van der Waals surface area contributed by atoms with Crippen LogP contribution < -0.4 is 10.1 Å². The van der Waals surface area contributed by atoms with Crippen LogP contribution in [-0.4, -0.2) is 29.2 Å². The van der Waals surface area contributed by atoms with Crippen LogP contribution >= 0.6 is 23.4 Å². The predicted octanol–water partition coefficient (Wildman–Crippen LogP) is 3.53. The summed E-state index contributed by atoms with van der Waals surface area (Å²) in [6, 6.07) is 8.05. The highest BCUT2D eigenvalue weighted by Crippen LogP contribution is 2.32. The second-order valence-corrected chi connectivity index (χ2v) is 6.04. The standard InChI is InChI=1S/C15H20ClN3OS/c1-4-17-12(15-13(20-3)9-18-19(15)2)10-21-14-8-6-5-7-11(14)16/h5-9,12,17H,4,10H2,1-3H3. The number of aromatic nitrogens is 2. The van der Waals surface area contributed by atoms with Crippen LogP contribution in [0.5, 0.6) is 5.75 Å². The third-order valence-electron chi connectivity index (χ3n) is 3.19. The van der Waals surface area contributed by atoms with E-state index in [4.69, 9.17) is 16.3 Å². The molecule has 0 radical (unpaired) electrons. The molecule has 1 heterocycles. The number of methoxy groups -OCH3 is 1. The lowest BCUT2D eigenvalue weighted by atomic mass is 10.2. The molecule has 0 saturated heterocycles. The van der Waals surface area contributed by atoms with Gasteiger partial charge in [0.05, 0.1) is 30.1 Å². The second-order valence-electron chi connectivity index (χ2n) is 4.57. The highest BCUT2D eigenvalue weighted by Gasteiger charge is 2.20. The van der Waals surface area contributed by atoms with E-state index >= 15 is 0 Å². The van der Waals surface area contributed by atoms with Crippen molar-refractivity contribution in [3.63, 3.8) is 0 Å². The van der Waals surface area contributed by atoms with Crippen molar-refractivity contribution < 1.29 is 4.74 Å². The molecule has 114 valence electrons. The smallest absolute Gasteiger partial charge is 0.161 e. The van der Waals surface area contributed by atoms with Crippen molar-refractivity contribution >= 4 is 23.4 Å². The third kappa shape index (κ3) is 3.93. The molecule has 4 nitrogen and oxygen atoms in total. The zero-order valence-corrected chi connectivity index (χ0v) is 14.0. The molecule has 0 saturated carbocycles. The van der Waals surface area contributed by atoms with Gasteiger partial charge >= 0.3 is 0 Å². The lowest BCUT2D eigenvalue weighted by molar-refractivity contribution is 0.399. The summed E-state index contributed by atoms with van der Waals surface area (Å²) in [6.07, 6.45) is 1.75. The second kappa shape index (κ2) is 7.73. The normalized spacial score (nSPS) is 12.4. The molecule has 1 atom stereocenters. The van der Waals surface area contributed by atoms with Gasteiger partial charge < -0.3 is 10.1 Å². The van der Waals surface area contributed by atoms with Crippen LogP contribution in [0, 0.1) is 0 Å². The fourth-order valence-corrected chi connectivity index (χ4v) is 3.50. The van der Waals surface area contributed by atoms with Crippen molar-refractivity contribution in [3.05, 3.63) is 41.2 Å². The largest absolute Gasteiger partial charge is 0.493 e. The lowest BCUT2D eigenvalue weighted by Crippen LogP contribution is -2.25.